The summed E-state index contributed by atoms with van der Waals surface area (Å²) in [6.45, 7) is 18.8. The summed E-state index contributed by atoms with van der Waals surface area (Å²) < 4.78 is 2.18. The van der Waals surface area contributed by atoms with E-state index in [9.17, 15) is 14.4 Å². The summed E-state index contributed by atoms with van der Waals surface area (Å²) in [5.74, 6) is 1.32. The molecule has 2 N–H and O–H groups in total. The molecule has 1 fully saturated rings. The van der Waals surface area contributed by atoms with E-state index in [1.54, 1.807) is 27.6 Å². The Morgan fingerprint density at radius 3 is 2.24 bits per heavy atom. The molecule has 0 bridgehead atoms. The minimum absolute atomic E-state index is 0.0985. The van der Waals surface area contributed by atoms with Crippen LogP contribution in [-0.4, -0.2) is 66.7 Å². The molecule has 2 aliphatic heterocycles. The molecule has 2 aliphatic rings. The van der Waals surface area contributed by atoms with Crippen LogP contribution >= 0.6 is 22.7 Å². The average molecular weight is 889 g/mol. The van der Waals surface area contributed by atoms with Crippen molar-refractivity contribution in [3.05, 3.63) is 104 Å². The zero-order valence-corrected chi connectivity index (χ0v) is 40.1. The third-order valence-electron chi connectivity index (χ3n) is 12.7. The highest BCUT2D eigenvalue weighted by Gasteiger charge is 2.42. The second-order valence-corrected chi connectivity index (χ2v) is 20.6. The number of amides is 3. The average Bonchev–Trinajstić information content (AvgIpc) is 4.05. The van der Waals surface area contributed by atoms with E-state index in [1.165, 1.54) is 21.6 Å². The van der Waals surface area contributed by atoms with Crippen molar-refractivity contribution in [3.8, 4) is 15.4 Å². The number of nitrogens with one attached hydrogen (secondary N) is 2. The van der Waals surface area contributed by atoms with Crippen LogP contribution in [0.2, 0.25) is 0 Å². The normalized spacial score (nSPS) is 17.1. The van der Waals surface area contributed by atoms with Crippen molar-refractivity contribution in [1.29, 1.82) is 0 Å². The highest BCUT2D eigenvalue weighted by atomic mass is 32.1. The Morgan fingerprint density at radius 2 is 1.56 bits per heavy atom. The van der Waals surface area contributed by atoms with Gasteiger partial charge in [0.15, 0.2) is 5.82 Å². The van der Waals surface area contributed by atoms with Gasteiger partial charge in [-0.2, -0.15) is 0 Å². The van der Waals surface area contributed by atoms with Gasteiger partial charge in [0.1, 0.15) is 29.0 Å². The maximum absolute atomic E-state index is 14.1. The molecule has 63 heavy (non-hydrogen) atoms. The van der Waals surface area contributed by atoms with Crippen LogP contribution in [0.1, 0.15) is 155 Å². The first-order chi connectivity index (χ1) is 30.1. The van der Waals surface area contributed by atoms with Crippen molar-refractivity contribution < 1.29 is 14.4 Å². The number of carbonyl (C=O) groups is 3. The zero-order valence-electron chi connectivity index (χ0n) is 38.5. The van der Waals surface area contributed by atoms with Crippen LogP contribution in [-0.2, 0) is 20.8 Å². The predicted molar refractivity (Wildman–Crippen MR) is 255 cm³/mol. The Bertz CT molecular complexity index is 2440. The number of aliphatic imine (C=N–C) groups is 1. The Balaban J connectivity index is 0.832. The largest absolute Gasteiger partial charge is 0.348 e. The highest BCUT2D eigenvalue weighted by Crippen LogP contribution is 2.39. The number of thiophene rings is 1. The fraction of sp³-hybridized carbons (Fsp3) is 0.500. The van der Waals surface area contributed by atoms with Gasteiger partial charge in [-0.05, 0) is 101 Å². The van der Waals surface area contributed by atoms with Crippen LogP contribution in [0.3, 0.4) is 0 Å². The molecule has 4 unspecified atom stereocenters. The molecule has 334 valence electrons. The van der Waals surface area contributed by atoms with E-state index in [-0.39, 0.29) is 29.8 Å². The summed E-state index contributed by atoms with van der Waals surface area (Å²) in [5, 5.41) is 16.2. The number of likely N-dealkylation sites (tertiary alicyclic amines) is 1. The van der Waals surface area contributed by atoms with Gasteiger partial charge in [-0.3, -0.25) is 23.9 Å². The van der Waals surface area contributed by atoms with Crippen molar-refractivity contribution in [2.24, 2.45) is 10.4 Å². The number of benzene rings is 2. The molecule has 0 saturated carbocycles. The number of rotatable bonds is 16. The second-order valence-electron chi connectivity index (χ2n) is 18.6. The van der Waals surface area contributed by atoms with E-state index in [0.717, 1.165) is 101 Å². The van der Waals surface area contributed by atoms with Crippen molar-refractivity contribution in [2.75, 3.05) is 6.54 Å². The number of aryl methyl sites for hydroxylation is 4. The van der Waals surface area contributed by atoms with Crippen LogP contribution in [0.25, 0.3) is 15.4 Å². The van der Waals surface area contributed by atoms with E-state index in [4.69, 9.17) is 4.99 Å². The number of nitrogens with zero attached hydrogens (tertiary/aromatic N) is 6. The number of hydrogen-bond acceptors (Lipinski definition) is 9. The van der Waals surface area contributed by atoms with Gasteiger partial charge < -0.3 is 15.5 Å². The first-order valence-electron chi connectivity index (χ1n) is 22.7. The van der Waals surface area contributed by atoms with Crippen molar-refractivity contribution in [1.82, 2.24) is 35.3 Å². The molecule has 2 aromatic carbocycles. The van der Waals surface area contributed by atoms with Gasteiger partial charge >= 0.3 is 0 Å². The topological polar surface area (TPSA) is 134 Å². The molecule has 4 atom stereocenters. The first kappa shape index (κ1) is 46.0. The molecule has 3 amide bonds. The van der Waals surface area contributed by atoms with Gasteiger partial charge in [0.25, 0.3) is 0 Å². The Labute approximate surface area is 381 Å². The van der Waals surface area contributed by atoms with Gasteiger partial charge in [0.05, 0.1) is 27.8 Å². The molecule has 0 aliphatic carbocycles. The van der Waals surface area contributed by atoms with Gasteiger partial charge in [0, 0.05) is 29.0 Å². The van der Waals surface area contributed by atoms with Crippen molar-refractivity contribution in [2.45, 2.75) is 151 Å². The van der Waals surface area contributed by atoms with Gasteiger partial charge in [0.2, 0.25) is 17.7 Å². The lowest BCUT2D eigenvalue weighted by Crippen LogP contribution is -2.57. The molecule has 5 aromatic rings. The van der Waals surface area contributed by atoms with E-state index in [0.29, 0.717) is 19.4 Å². The predicted octanol–water partition coefficient (Wildman–Crippen LogP) is 10.3. The van der Waals surface area contributed by atoms with E-state index < -0.39 is 17.5 Å². The van der Waals surface area contributed by atoms with Gasteiger partial charge in [-0.25, -0.2) is 4.98 Å². The molecule has 13 heteroatoms. The number of hydrogen-bond donors (Lipinski definition) is 2. The summed E-state index contributed by atoms with van der Waals surface area (Å²) in [6, 6.07) is 15.5. The second kappa shape index (κ2) is 19.8. The van der Waals surface area contributed by atoms with E-state index >= 15 is 0 Å². The Hall–Kier alpha value is -5.01. The fourth-order valence-corrected chi connectivity index (χ4v) is 10.9. The number of thiazole rings is 1. The molecule has 5 heterocycles. The first-order valence-corrected chi connectivity index (χ1v) is 24.4. The summed E-state index contributed by atoms with van der Waals surface area (Å²) in [4.78, 5) is 54.6. The smallest absolute Gasteiger partial charge is 0.246 e. The monoisotopic (exact) mass is 888 g/mol. The molecule has 3 aromatic heterocycles. The number of fused-ring (bicyclic) bond motifs is 3. The zero-order chi connectivity index (χ0) is 45.0. The number of aromatic nitrogens is 4. The van der Waals surface area contributed by atoms with E-state index in [1.807, 2.05) is 59.2 Å². The molecule has 0 radical (unpaired) electrons. The van der Waals surface area contributed by atoms with Gasteiger partial charge in [-0.1, -0.05) is 95.0 Å². The number of unbranched alkanes of at least 4 members (excludes halogenated alkanes) is 5. The lowest BCUT2D eigenvalue weighted by molar-refractivity contribution is -0.144. The molecule has 0 spiro atoms. The molecular weight excluding hydrogens is 825 g/mol. The minimum atomic E-state index is -0.718. The molecule has 1 saturated heterocycles. The quantitative estimate of drug-likeness (QED) is 0.0948. The maximum Gasteiger partial charge on any atom is 0.246 e. The van der Waals surface area contributed by atoms with Crippen LogP contribution in [0.5, 0.6) is 0 Å². The van der Waals surface area contributed by atoms with Crippen LogP contribution in [0.4, 0.5) is 0 Å². The lowest BCUT2D eigenvalue weighted by atomic mass is 9.85. The minimum Gasteiger partial charge on any atom is -0.348 e. The fourth-order valence-electron chi connectivity index (χ4n) is 8.88. The van der Waals surface area contributed by atoms with Gasteiger partial charge in [-0.15, -0.1) is 32.9 Å². The van der Waals surface area contributed by atoms with Crippen molar-refractivity contribution in [3.63, 3.8) is 0 Å². The highest BCUT2D eigenvalue weighted by molar-refractivity contribution is 7.15. The van der Waals surface area contributed by atoms with Crippen LogP contribution in [0.15, 0.2) is 59.0 Å². The molecule has 11 nitrogen and oxygen atoms in total. The Kier molecular flexibility index (Phi) is 14.5. The molecular formula is C50H64N8O3S2. The SMILES string of the molecule is Cc1ncsc1-c1ccc(C(C)NC(=O)C2CCCN2C(=O)C(NC(=O)CCCCCCCCc2ccc(C3=NC(C)c4nnc(C)n4-c4sc(C)c(C)c43)cc2)C(C)(C)C)cc1. The third kappa shape index (κ3) is 10.4. The maximum atomic E-state index is 14.1. The lowest BCUT2D eigenvalue weighted by Gasteiger charge is -2.35. The third-order valence-corrected chi connectivity index (χ3v) is 14.9. The molecule has 7 rings (SSSR count). The Morgan fingerprint density at radius 1 is 0.873 bits per heavy atom. The summed E-state index contributed by atoms with van der Waals surface area (Å²) in [6.07, 6.45) is 8.94. The van der Waals surface area contributed by atoms with Crippen LogP contribution in [0, 0.1) is 33.1 Å². The summed E-state index contributed by atoms with van der Waals surface area (Å²) in [7, 11) is 0. The van der Waals surface area contributed by atoms with Crippen LogP contribution < -0.4 is 10.6 Å². The summed E-state index contributed by atoms with van der Waals surface area (Å²) >= 11 is 3.40. The number of carbonyl (C=O) groups excluding carboxylic acids is 3. The summed E-state index contributed by atoms with van der Waals surface area (Å²) in [5.41, 5.74) is 10.4. The standard InChI is InChI=1S/C50H64N8O3S2/c1-30-34(5)63-49-42(30)43(52-33(4)46-56-55-35(6)58(46)49)38-22-20-36(21-23-38)17-14-12-10-11-13-15-19-41(59)54-45(50(7,8)9)48(61)57-28-16-18-40(57)47(60)53-31(2)37-24-26-39(27-25-37)44-32(3)51-29-62-44/h20-27,29,31,33,40,45H,10-19,28H2,1-9H3,(H,53,60)(H,54,59). The van der Waals surface area contributed by atoms with E-state index in [2.05, 4.69) is 87.6 Å². The van der Waals surface area contributed by atoms with Crippen molar-refractivity contribution >= 4 is 46.1 Å².